The Morgan fingerprint density at radius 3 is 2.50 bits per heavy atom. The minimum absolute atomic E-state index is 0.0371. The Morgan fingerprint density at radius 2 is 2.17 bits per heavy atom. The smallest absolute Gasteiger partial charge is 0.223 e. The van der Waals surface area contributed by atoms with Gasteiger partial charge in [0, 0.05) is 18.2 Å². The van der Waals surface area contributed by atoms with E-state index in [0.717, 1.165) is 6.42 Å². The quantitative estimate of drug-likeness (QED) is 0.629. The molecule has 1 N–H and O–H groups in total. The minimum atomic E-state index is 0.0371. The van der Waals surface area contributed by atoms with Gasteiger partial charge in [0.15, 0.2) is 0 Å². The maximum atomic E-state index is 11.3. The molecule has 1 atom stereocenters. The van der Waals surface area contributed by atoms with Crippen molar-refractivity contribution in [3.05, 3.63) is 6.92 Å². The molecule has 0 spiro atoms. The summed E-state index contributed by atoms with van der Waals surface area (Å²) < 4.78 is 0. The summed E-state index contributed by atoms with van der Waals surface area (Å²) in [5.41, 5.74) is 0. The van der Waals surface area contributed by atoms with Crippen LogP contribution in [0.1, 0.15) is 20.3 Å². The lowest BCUT2D eigenvalue weighted by molar-refractivity contribution is -0.124. The van der Waals surface area contributed by atoms with Crippen LogP contribution in [0.2, 0.25) is 0 Å². The molecule has 12 heavy (non-hydrogen) atoms. The van der Waals surface area contributed by atoms with Crippen molar-refractivity contribution in [3.8, 4) is 0 Å². The zero-order valence-corrected chi connectivity index (χ0v) is 8.73. The average Bonchev–Trinajstić information content (AvgIpc) is 2.00. The maximum absolute atomic E-state index is 11.3. The standard InChI is InChI=1S/C9H18NOS/c1-4-10-9(11)8(6-12)5-7(2)3/h7-8,12H,1,4-6H2,2-3H3,(H,10,11). The SMILES string of the molecule is [CH2]CNC(=O)C(CS)CC(C)C. The first-order valence-electron chi connectivity index (χ1n) is 4.29. The van der Waals surface area contributed by atoms with Crippen LogP contribution < -0.4 is 5.32 Å². The summed E-state index contributed by atoms with van der Waals surface area (Å²) >= 11 is 4.14. The minimum Gasteiger partial charge on any atom is -0.356 e. The fraction of sp³-hybridized carbons (Fsp3) is 0.778. The Morgan fingerprint density at radius 1 is 1.58 bits per heavy atom. The lowest BCUT2D eigenvalue weighted by Crippen LogP contribution is -2.32. The van der Waals surface area contributed by atoms with Crippen LogP contribution in [0.3, 0.4) is 0 Å². The van der Waals surface area contributed by atoms with Crippen LogP contribution in [-0.2, 0) is 4.79 Å². The molecule has 0 heterocycles. The number of carbonyl (C=O) groups excluding carboxylic acids is 1. The molecule has 0 saturated heterocycles. The van der Waals surface area contributed by atoms with Gasteiger partial charge in [0.1, 0.15) is 0 Å². The number of hydrogen-bond donors (Lipinski definition) is 2. The second kappa shape index (κ2) is 6.35. The lowest BCUT2D eigenvalue weighted by Gasteiger charge is -2.15. The van der Waals surface area contributed by atoms with Crippen molar-refractivity contribution in [1.82, 2.24) is 5.32 Å². The van der Waals surface area contributed by atoms with Crippen LogP contribution >= 0.6 is 12.6 Å². The molecule has 0 aromatic rings. The van der Waals surface area contributed by atoms with Crippen molar-refractivity contribution < 1.29 is 4.79 Å². The van der Waals surface area contributed by atoms with Gasteiger partial charge in [0.25, 0.3) is 0 Å². The second-order valence-corrected chi connectivity index (χ2v) is 3.67. The van der Waals surface area contributed by atoms with E-state index in [1.165, 1.54) is 0 Å². The van der Waals surface area contributed by atoms with Gasteiger partial charge in [-0.2, -0.15) is 12.6 Å². The molecular weight excluding hydrogens is 170 g/mol. The number of rotatable bonds is 5. The van der Waals surface area contributed by atoms with Crippen LogP contribution in [0.4, 0.5) is 0 Å². The highest BCUT2D eigenvalue weighted by atomic mass is 32.1. The molecule has 3 heteroatoms. The van der Waals surface area contributed by atoms with Crippen molar-refractivity contribution in [2.24, 2.45) is 11.8 Å². The molecule has 0 fully saturated rings. The topological polar surface area (TPSA) is 29.1 Å². The van der Waals surface area contributed by atoms with E-state index in [4.69, 9.17) is 0 Å². The van der Waals surface area contributed by atoms with E-state index in [1.807, 2.05) is 0 Å². The molecular formula is C9H18NOS. The van der Waals surface area contributed by atoms with Gasteiger partial charge in [-0.15, -0.1) is 0 Å². The fourth-order valence-corrected chi connectivity index (χ4v) is 1.42. The van der Waals surface area contributed by atoms with E-state index in [9.17, 15) is 4.79 Å². The number of carbonyl (C=O) groups is 1. The second-order valence-electron chi connectivity index (χ2n) is 3.30. The molecule has 0 aliphatic rings. The summed E-state index contributed by atoms with van der Waals surface area (Å²) in [6.07, 6.45) is 0.898. The van der Waals surface area contributed by atoms with E-state index >= 15 is 0 Å². The normalized spacial score (nSPS) is 13.1. The van der Waals surface area contributed by atoms with Gasteiger partial charge in [-0.3, -0.25) is 4.79 Å². The predicted molar refractivity (Wildman–Crippen MR) is 55.2 cm³/mol. The van der Waals surface area contributed by atoms with Crippen LogP contribution in [0.5, 0.6) is 0 Å². The van der Waals surface area contributed by atoms with Crippen LogP contribution in [-0.4, -0.2) is 18.2 Å². The third-order valence-electron chi connectivity index (χ3n) is 1.65. The number of thiol groups is 1. The van der Waals surface area contributed by atoms with Gasteiger partial charge in [-0.25, -0.2) is 0 Å². The molecule has 0 aliphatic carbocycles. The highest BCUT2D eigenvalue weighted by Crippen LogP contribution is 2.12. The molecule has 1 amide bonds. The van der Waals surface area contributed by atoms with Crippen molar-refractivity contribution in [2.75, 3.05) is 12.3 Å². The summed E-state index contributed by atoms with van der Waals surface area (Å²) in [6, 6.07) is 0. The maximum Gasteiger partial charge on any atom is 0.223 e. The largest absolute Gasteiger partial charge is 0.356 e. The van der Waals surface area contributed by atoms with E-state index in [1.54, 1.807) is 0 Å². The van der Waals surface area contributed by atoms with E-state index < -0.39 is 0 Å². The molecule has 0 aromatic heterocycles. The Hall–Kier alpha value is -0.180. The van der Waals surface area contributed by atoms with E-state index in [2.05, 4.69) is 38.7 Å². The monoisotopic (exact) mass is 188 g/mol. The van der Waals surface area contributed by atoms with E-state index in [-0.39, 0.29) is 11.8 Å². The first-order chi connectivity index (χ1) is 5.61. The van der Waals surface area contributed by atoms with Gasteiger partial charge in [-0.05, 0) is 19.3 Å². The van der Waals surface area contributed by atoms with Crippen molar-refractivity contribution in [3.63, 3.8) is 0 Å². The molecule has 71 valence electrons. The summed E-state index contributed by atoms with van der Waals surface area (Å²) in [6.45, 7) is 8.23. The number of hydrogen-bond acceptors (Lipinski definition) is 2. The van der Waals surface area contributed by atoms with Crippen LogP contribution in [0.15, 0.2) is 0 Å². The fourth-order valence-electron chi connectivity index (χ4n) is 1.10. The Labute approximate surface area is 80.5 Å². The summed E-state index contributed by atoms with van der Waals surface area (Å²) in [7, 11) is 0. The Bertz CT molecular complexity index is 136. The number of nitrogens with one attached hydrogen (secondary N) is 1. The lowest BCUT2D eigenvalue weighted by atomic mass is 9.98. The average molecular weight is 188 g/mol. The zero-order valence-electron chi connectivity index (χ0n) is 7.84. The van der Waals surface area contributed by atoms with Crippen molar-refractivity contribution >= 4 is 18.5 Å². The highest BCUT2D eigenvalue weighted by molar-refractivity contribution is 7.80. The molecule has 2 nitrogen and oxygen atoms in total. The van der Waals surface area contributed by atoms with E-state index in [0.29, 0.717) is 18.2 Å². The molecule has 0 bridgehead atoms. The van der Waals surface area contributed by atoms with Gasteiger partial charge in [0.05, 0.1) is 0 Å². The Kier molecular flexibility index (Phi) is 6.25. The zero-order chi connectivity index (χ0) is 9.56. The number of amides is 1. The molecule has 0 aromatic carbocycles. The van der Waals surface area contributed by atoms with Gasteiger partial charge in [0.2, 0.25) is 5.91 Å². The highest BCUT2D eigenvalue weighted by Gasteiger charge is 2.16. The third-order valence-corrected chi connectivity index (χ3v) is 2.09. The van der Waals surface area contributed by atoms with Gasteiger partial charge >= 0.3 is 0 Å². The van der Waals surface area contributed by atoms with Crippen LogP contribution in [0.25, 0.3) is 0 Å². The Balaban J connectivity index is 3.87. The molecule has 0 aliphatic heterocycles. The summed E-state index contributed by atoms with van der Waals surface area (Å²) in [5.74, 6) is 1.27. The molecule has 0 saturated carbocycles. The predicted octanol–water partition coefficient (Wildman–Crippen LogP) is 1.53. The van der Waals surface area contributed by atoms with Gasteiger partial charge < -0.3 is 5.32 Å². The molecule has 0 rings (SSSR count). The van der Waals surface area contributed by atoms with Crippen LogP contribution in [0, 0.1) is 18.8 Å². The third kappa shape index (κ3) is 4.65. The first kappa shape index (κ1) is 11.8. The van der Waals surface area contributed by atoms with Crippen molar-refractivity contribution in [2.45, 2.75) is 20.3 Å². The molecule has 1 radical (unpaired) electrons. The first-order valence-corrected chi connectivity index (χ1v) is 4.92. The van der Waals surface area contributed by atoms with Crippen molar-refractivity contribution in [1.29, 1.82) is 0 Å². The summed E-state index contributed by atoms with van der Waals surface area (Å²) in [4.78, 5) is 11.3. The van der Waals surface area contributed by atoms with Gasteiger partial charge in [-0.1, -0.05) is 13.8 Å². The summed E-state index contributed by atoms with van der Waals surface area (Å²) in [5, 5.41) is 2.70. The molecule has 1 unspecified atom stereocenters.